The van der Waals surface area contributed by atoms with Gasteiger partial charge in [-0.05, 0) is 23.4 Å². The van der Waals surface area contributed by atoms with E-state index in [1.807, 2.05) is 24.3 Å². The molecule has 0 bridgehead atoms. The first kappa shape index (κ1) is 17.7. The highest BCUT2D eigenvalue weighted by Gasteiger charge is 2.15. The highest BCUT2D eigenvalue weighted by atomic mass is 32.2. The van der Waals surface area contributed by atoms with E-state index in [0.717, 1.165) is 30.4 Å². The Morgan fingerprint density at radius 1 is 1.20 bits per heavy atom. The Hall–Kier alpha value is -2.12. The minimum absolute atomic E-state index is 0.235. The quantitative estimate of drug-likeness (QED) is 0.447. The van der Waals surface area contributed by atoms with Gasteiger partial charge >= 0.3 is 5.97 Å². The second-order valence-corrected chi connectivity index (χ2v) is 7.38. The van der Waals surface area contributed by atoms with Gasteiger partial charge in [-0.25, -0.2) is 0 Å². The van der Waals surface area contributed by atoms with Crippen LogP contribution in [-0.2, 0) is 28.9 Å². The lowest BCUT2D eigenvalue weighted by Gasteiger charge is -2.10. The summed E-state index contributed by atoms with van der Waals surface area (Å²) in [5, 5.41) is 11.5. The molecule has 0 aliphatic heterocycles. The van der Waals surface area contributed by atoms with Crippen molar-refractivity contribution in [2.75, 3.05) is 12.9 Å². The monoisotopic (exact) mass is 373 g/mol. The van der Waals surface area contributed by atoms with Crippen LogP contribution in [0.25, 0.3) is 0 Å². The number of hydrogen-bond acceptors (Lipinski definition) is 6. The molecule has 7 heteroatoms. The lowest BCUT2D eigenvalue weighted by atomic mass is 10.1. The fraction of sp³-hybridized carbons (Fsp3) is 0.278. The molecule has 0 fully saturated rings. The summed E-state index contributed by atoms with van der Waals surface area (Å²) in [4.78, 5) is 12.7. The molecule has 130 valence electrons. The molecule has 0 saturated carbocycles. The summed E-state index contributed by atoms with van der Waals surface area (Å²) >= 11 is 3.08. The van der Waals surface area contributed by atoms with E-state index in [-0.39, 0.29) is 11.7 Å². The third-order valence-electron chi connectivity index (χ3n) is 3.72. The molecule has 5 nitrogen and oxygen atoms in total. The molecule has 1 aromatic carbocycles. The van der Waals surface area contributed by atoms with Crippen LogP contribution in [0.15, 0.2) is 53.0 Å². The Morgan fingerprint density at radius 2 is 2.04 bits per heavy atom. The number of benzene rings is 1. The normalized spacial score (nSPS) is 10.8. The zero-order chi connectivity index (χ0) is 17.5. The Labute approximate surface area is 155 Å². The average Bonchev–Trinajstić information content (AvgIpc) is 3.29. The number of rotatable bonds is 8. The third kappa shape index (κ3) is 4.93. The van der Waals surface area contributed by atoms with Crippen LogP contribution in [0.3, 0.4) is 0 Å². The van der Waals surface area contributed by atoms with Gasteiger partial charge in [0.15, 0.2) is 5.16 Å². The molecule has 0 N–H and O–H groups in total. The van der Waals surface area contributed by atoms with E-state index in [2.05, 4.69) is 38.3 Å². The van der Waals surface area contributed by atoms with Gasteiger partial charge in [-0.1, -0.05) is 48.2 Å². The predicted octanol–water partition coefficient (Wildman–Crippen LogP) is 3.44. The maximum atomic E-state index is 11.4. The molecule has 0 aliphatic rings. The standard InChI is InChI=1S/C18H19N3O2S2/c1-23-17(22)13-25-18-20-19-16(12-15-8-5-11-24-15)21(18)10-9-14-6-3-2-4-7-14/h2-8,11H,9-10,12-13H2,1H3. The third-order valence-corrected chi connectivity index (χ3v) is 5.54. The van der Waals surface area contributed by atoms with Gasteiger partial charge in [0.05, 0.1) is 12.9 Å². The molecule has 2 aromatic heterocycles. The van der Waals surface area contributed by atoms with E-state index >= 15 is 0 Å². The molecule has 3 aromatic rings. The van der Waals surface area contributed by atoms with Crippen molar-refractivity contribution in [3.05, 3.63) is 64.1 Å². The highest BCUT2D eigenvalue weighted by Crippen LogP contribution is 2.21. The first-order valence-corrected chi connectivity index (χ1v) is 9.81. The van der Waals surface area contributed by atoms with Gasteiger partial charge in [-0.2, -0.15) is 0 Å². The fourth-order valence-electron chi connectivity index (χ4n) is 2.42. The van der Waals surface area contributed by atoms with Gasteiger partial charge in [0.25, 0.3) is 0 Å². The van der Waals surface area contributed by atoms with Crippen molar-refractivity contribution >= 4 is 29.1 Å². The van der Waals surface area contributed by atoms with Crippen molar-refractivity contribution in [1.82, 2.24) is 14.8 Å². The zero-order valence-corrected chi connectivity index (χ0v) is 15.6. The molecule has 3 rings (SSSR count). The number of carbonyl (C=O) groups excluding carboxylic acids is 1. The van der Waals surface area contributed by atoms with Crippen LogP contribution in [-0.4, -0.2) is 33.6 Å². The Balaban J connectivity index is 1.77. The van der Waals surface area contributed by atoms with Crippen LogP contribution in [0.2, 0.25) is 0 Å². The van der Waals surface area contributed by atoms with Crippen molar-refractivity contribution in [3.63, 3.8) is 0 Å². The molecule has 0 amide bonds. The van der Waals surface area contributed by atoms with Crippen LogP contribution in [0.5, 0.6) is 0 Å². The smallest absolute Gasteiger partial charge is 0.316 e. The summed E-state index contributed by atoms with van der Waals surface area (Å²) in [5.74, 6) is 0.895. The fourth-order valence-corrected chi connectivity index (χ4v) is 3.94. The molecule has 0 radical (unpaired) electrons. The second kappa shape index (κ2) is 8.82. The van der Waals surface area contributed by atoms with Crippen molar-refractivity contribution in [3.8, 4) is 0 Å². The molecule has 0 saturated heterocycles. The number of nitrogens with zero attached hydrogens (tertiary/aromatic N) is 3. The van der Waals surface area contributed by atoms with Crippen LogP contribution < -0.4 is 0 Å². The molecule has 25 heavy (non-hydrogen) atoms. The number of carbonyl (C=O) groups is 1. The Bertz CT molecular complexity index is 801. The van der Waals surface area contributed by atoms with Gasteiger partial charge in [0, 0.05) is 17.8 Å². The van der Waals surface area contributed by atoms with Gasteiger partial charge < -0.3 is 9.30 Å². The minimum Gasteiger partial charge on any atom is -0.468 e. The summed E-state index contributed by atoms with van der Waals surface area (Å²) in [5.41, 5.74) is 1.27. The van der Waals surface area contributed by atoms with Crippen molar-refractivity contribution in [2.45, 2.75) is 24.5 Å². The first-order chi connectivity index (χ1) is 12.3. The van der Waals surface area contributed by atoms with E-state index in [4.69, 9.17) is 4.74 Å². The van der Waals surface area contributed by atoms with Crippen LogP contribution in [0, 0.1) is 0 Å². The number of hydrogen-bond donors (Lipinski definition) is 0. The lowest BCUT2D eigenvalue weighted by Crippen LogP contribution is -2.10. The van der Waals surface area contributed by atoms with Crippen molar-refractivity contribution in [2.24, 2.45) is 0 Å². The van der Waals surface area contributed by atoms with Crippen LogP contribution in [0.4, 0.5) is 0 Å². The molecular weight excluding hydrogens is 354 g/mol. The van der Waals surface area contributed by atoms with Gasteiger partial charge in [0.2, 0.25) is 0 Å². The van der Waals surface area contributed by atoms with Crippen LogP contribution in [0.1, 0.15) is 16.3 Å². The van der Waals surface area contributed by atoms with Gasteiger partial charge in [-0.3, -0.25) is 4.79 Å². The molecular formula is C18H19N3O2S2. The molecule has 0 aliphatic carbocycles. The van der Waals surface area contributed by atoms with Gasteiger partial charge in [-0.15, -0.1) is 21.5 Å². The van der Waals surface area contributed by atoms with E-state index in [1.165, 1.54) is 29.3 Å². The summed E-state index contributed by atoms with van der Waals surface area (Å²) in [7, 11) is 1.39. The molecule has 2 heterocycles. The summed E-state index contributed by atoms with van der Waals surface area (Å²) in [6.07, 6.45) is 1.64. The summed E-state index contributed by atoms with van der Waals surface area (Å²) < 4.78 is 6.83. The highest BCUT2D eigenvalue weighted by molar-refractivity contribution is 7.99. The number of ether oxygens (including phenoxy) is 1. The summed E-state index contributed by atoms with van der Waals surface area (Å²) in [6.45, 7) is 0.779. The van der Waals surface area contributed by atoms with Crippen molar-refractivity contribution < 1.29 is 9.53 Å². The van der Waals surface area contributed by atoms with Gasteiger partial charge in [0.1, 0.15) is 5.82 Å². The summed E-state index contributed by atoms with van der Waals surface area (Å²) in [6, 6.07) is 14.5. The molecule has 0 atom stereocenters. The SMILES string of the molecule is COC(=O)CSc1nnc(Cc2cccs2)n1CCc1ccccc1. The maximum absolute atomic E-state index is 11.4. The Kier molecular flexibility index (Phi) is 6.25. The van der Waals surface area contributed by atoms with E-state index in [0.29, 0.717) is 0 Å². The second-order valence-electron chi connectivity index (χ2n) is 5.41. The maximum Gasteiger partial charge on any atom is 0.316 e. The minimum atomic E-state index is -0.262. The molecule has 0 unspecified atom stereocenters. The van der Waals surface area contributed by atoms with Crippen molar-refractivity contribution in [1.29, 1.82) is 0 Å². The first-order valence-electron chi connectivity index (χ1n) is 7.94. The topological polar surface area (TPSA) is 57.0 Å². The number of thiophene rings is 1. The lowest BCUT2D eigenvalue weighted by molar-refractivity contribution is -0.137. The average molecular weight is 374 g/mol. The number of aryl methyl sites for hydroxylation is 1. The number of thioether (sulfide) groups is 1. The van der Waals surface area contributed by atoms with E-state index in [1.54, 1.807) is 11.3 Å². The number of methoxy groups -OCH3 is 1. The molecule has 0 spiro atoms. The predicted molar refractivity (Wildman–Crippen MR) is 100 cm³/mol. The number of aromatic nitrogens is 3. The van der Waals surface area contributed by atoms with E-state index < -0.39 is 0 Å². The Morgan fingerprint density at radius 3 is 2.76 bits per heavy atom. The number of esters is 1. The van der Waals surface area contributed by atoms with Crippen LogP contribution >= 0.6 is 23.1 Å². The largest absolute Gasteiger partial charge is 0.468 e. The van der Waals surface area contributed by atoms with E-state index in [9.17, 15) is 4.79 Å². The zero-order valence-electron chi connectivity index (χ0n) is 13.9.